The minimum Gasteiger partial charge on any atom is -0.491 e. The Kier molecular flexibility index (Phi) is 10.5. The zero-order valence-electron chi connectivity index (χ0n) is 25.8. The summed E-state index contributed by atoms with van der Waals surface area (Å²) < 4.78 is 42.4. The molecular weight excluding hydrogens is 606 g/mol. The number of methoxy groups -OCH3 is 1. The van der Waals surface area contributed by atoms with Crippen molar-refractivity contribution in [1.29, 1.82) is 0 Å². The lowest BCUT2D eigenvalue weighted by molar-refractivity contribution is -0.000223. The fraction of sp³-hybridized carbons (Fsp3) is 0.559. The Hall–Kier alpha value is -2.33. The molecule has 0 saturated heterocycles. The second-order valence-corrected chi connectivity index (χ2v) is 14.1. The molecule has 7 atom stereocenters. The number of aromatic carboxylic acids is 1. The molecule has 1 saturated carbocycles. The summed E-state index contributed by atoms with van der Waals surface area (Å²) in [6.07, 6.45) is 6.55. The van der Waals surface area contributed by atoms with Gasteiger partial charge in [0, 0.05) is 31.4 Å². The Balaban J connectivity index is 1.43. The maximum absolute atomic E-state index is 15.3. The van der Waals surface area contributed by atoms with E-state index in [1.165, 1.54) is 29.7 Å². The highest BCUT2D eigenvalue weighted by molar-refractivity contribution is 7.97. The third-order valence-electron chi connectivity index (χ3n) is 10.1. The van der Waals surface area contributed by atoms with Gasteiger partial charge in [-0.05, 0) is 90.3 Å². The molecule has 5 rings (SSSR count). The van der Waals surface area contributed by atoms with E-state index < -0.39 is 22.6 Å². The summed E-state index contributed by atoms with van der Waals surface area (Å²) in [6, 6.07) is 6.20. The van der Waals surface area contributed by atoms with Gasteiger partial charge in [0.2, 0.25) is 0 Å². The van der Waals surface area contributed by atoms with Gasteiger partial charge in [-0.3, -0.25) is 5.14 Å². The number of rotatable bonds is 12. The van der Waals surface area contributed by atoms with Crippen LogP contribution in [0.4, 0.5) is 14.5 Å². The van der Waals surface area contributed by atoms with E-state index in [9.17, 15) is 14.3 Å². The van der Waals surface area contributed by atoms with E-state index in [1.54, 1.807) is 19.2 Å². The molecule has 3 N–H and O–H groups in total. The lowest BCUT2D eigenvalue weighted by atomic mass is 9.64. The highest BCUT2D eigenvalue weighted by atomic mass is 35.5. The second-order valence-electron chi connectivity index (χ2n) is 12.7. The van der Waals surface area contributed by atoms with Crippen molar-refractivity contribution in [3.63, 3.8) is 0 Å². The van der Waals surface area contributed by atoms with Crippen molar-refractivity contribution in [2.75, 3.05) is 31.7 Å². The quantitative estimate of drug-likeness (QED) is 0.138. The van der Waals surface area contributed by atoms with E-state index in [4.69, 9.17) is 26.2 Å². The predicted octanol–water partition coefficient (Wildman–Crippen LogP) is 7.87. The van der Waals surface area contributed by atoms with E-state index in [1.807, 2.05) is 6.92 Å². The molecule has 0 amide bonds. The van der Waals surface area contributed by atoms with Crippen LogP contribution in [0.5, 0.6) is 5.75 Å². The van der Waals surface area contributed by atoms with E-state index >= 15 is 4.39 Å². The molecule has 0 aromatic heterocycles. The smallest absolute Gasteiger partial charge is 0.335 e. The predicted molar refractivity (Wildman–Crippen MR) is 173 cm³/mol. The van der Waals surface area contributed by atoms with Crippen LogP contribution in [0.15, 0.2) is 35.9 Å². The van der Waals surface area contributed by atoms with Crippen LogP contribution in [-0.2, 0) is 11.2 Å². The van der Waals surface area contributed by atoms with Crippen LogP contribution < -0.4 is 14.8 Å². The van der Waals surface area contributed by atoms with Gasteiger partial charge in [0.1, 0.15) is 22.4 Å². The minimum atomic E-state index is -1.02. The first kappa shape index (κ1) is 33.0. The number of ether oxygens (including phenoxy) is 2. The Labute approximate surface area is 268 Å². The van der Waals surface area contributed by atoms with Crippen LogP contribution in [0.3, 0.4) is 0 Å². The monoisotopic (exact) mass is 648 g/mol. The maximum Gasteiger partial charge on any atom is 0.335 e. The van der Waals surface area contributed by atoms with Crippen LogP contribution in [0.1, 0.15) is 73.9 Å². The van der Waals surface area contributed by atoms with Crippen LogP contribution >= 0.6 is 23.5 Å². The first-order valence-electron chi connectivity index (χ1n) is 15.6. The van der Waals surface area contributed by atoms with Gasteiger partial charge in [0.15, 0.2) is 0 Å². The number of hydrogen-bond acceptors (Lipinski definition) is 6. The van der Waals surface area contributed by atoms with E-state index in [0.29, 0.717) is 77.4 Å². The van der Waals surface area contributed by atoms with Crippen molar-refractivity contribution >= 4 is 35.2 Å². The van der Waals surface area contributed by atoms with Gasteiger partial charge in [-0.1, -0.05) is 56.8 Å². The highest BCUT2D eigenvalue weighted by Crippen LogP contribution is 2.48. The third kappa shape index (κ3) is 6.48. The number of hydrogen-bond donors (Lipinski definition) is 2. The average molecular weight is 649 g/mol. The van der Waals surface area contributed by atoms with Crippen LogP contribution in [-0.4, -0.2) is 49.2 Å². The molecule has 1 aliphatic heterocycles. The second kappa shape index (κ2) is 14.0. The normalized spacial score (nSPS) is 25.0. The zero-order valence-corrected chi connectivity index (χ0v) is 27.4. The fourth-order valence-corrected chi connectivity index (χ4v) is 7.76. The molecule has 1 heterocycles. The van der Waals surface area contributed by atoms with E-state index in [2.05, 4.69) is 24.8 Å². The molecule has 10 heteroatoms. The number of allylic oxidation sites excluding steroid dienone is 1. The number of nitrogens with zero attached hydrogens (tertiary/aromatic N) is 1. The number of halogens is 3. The van der Waals surface area contributed by atoms with Crippen molar-refractivity contribution < 1.29 is 28.2 Å². The Morgan fingerprint density at radius 2 is 2.02 bits per heavy atom. The van der Waals surface area contributed by atoms with E-state index in [-0.39, 0.29) is 24.2 Å². The standard InChI is InChI=1S/C34H43ClF2N2O4S/c1-5-6-26-27(14-28(36)31(35)32(26)37)24-16-39(29-13-20(34(40)41)8-10-30(29)43-17-24)15-21-7-9-25(21)33(42-4)23-11-22(12-23)18(2)19(3)44-38/h8,10-11,13-14,18-19,21-22,24-25,33H,5-7,9,12,15-17,38H2,1-4H3,(H,40,41). The molecular formula is C34H43ClF2N2O4S. The molecule has 2 aromatic carbocycles. The van der Waals surface area contributed by atoms with Gasteiger partial charge in [0.05, 0.1) is 24.0 Å². The number of fused-ring (bicyclic) bond motifs is 1. The van der Waals surface area contributed by atoms with Gasteiger partial charge in [0.25, 0.3) is 0 Å². The molecule has 2 aliphatic carbocycles. The number of carbonyl (C=O) groups is 1. The lowest BCUT2D eigenvalue weighted by Crippen LogP contribution is -2.46. The number of nitrogens with two attached hydrogens (primary N) is 1. The van der Waals surface area contributed by atoms with Crippen LogP contribution in [0.25, 0.3) is 0 Å². The Morgan fingerprint density at radius 3 is 2.64 bits per heavy atom. The summed E-state index contributed by atoms with van der Waals surface area (Å²) in [4.78, 5) is 14.1. The Bertz CT molecular complexity index is 1410. The topological polar surface area (TPSA) is 85.0 Å². The van der Waals surface area contributed by atoms with Gasteiger partial charge in [-0.25, -0.2) is 13.6 Å². The number of carboxylic acid groups (broad SMARTS) is 1. The van der Waals surface area contributed by atoms with Crippen LogP contribution in [0.2, 0.25) is 5.02 Å². The third-order valence-corrected chi connectivity index (χ3v) is 11.3. The van der Waals surface area contributed by atoms with Gasteiger partial charge in [-0.15, -0.1) is 0 Å². The summed E-state index contributed by atoms with van der Waals surface area (Å²) in [6.45, 7) is 7.64. The zero-order chi connectivity index (χ0) is 31.7. The lowest BCUT2D eigenvalue weighted by Gasteiger charge is -2.47. The summed E-state index contributed by atoms with van der Waals surface area (Å²) >= 11 is 7.40. The van der Waals surface area contributed by atoms with Crippen molar-refractivity contribution in [2.45, 2.75) is 70.1 Å². The molecule has 3 aliphatic rings. The number of carboxylic acids is 1. The molecule has 1 fully saturated rings. The molecule has 6 nitrogen and oxygen atoms in total. The largest absolute Gasteiger partial charge is 0.491 e. The summed E-state index contributed by atoms with van der Waals surface area (Å²) in [5.74, 6) is -0.723. The summed E-state index contributed by atoms with van der Waals surface area (Å²) in [7, 11) is 1.78. The average Bonchev–Trinajstić information content (AvgIpc) is 3.16. The Morgan fingerprint density at radius 1 is 1.27 bits per heavy atom. The maximum atomic E-state index is 15.3. The first-order valence-corrected chi connectivity index (χ1v) is 16.9. The summed E-state index contributed by atoms with van der Waals surface area (Å²) in [5.41, 5.74) is 3.15. The van der Waals surface area contributed by atoms with Crippen molar-refractivity contribution in [2.24, 2.45) is 28.8 Å². The van der Waals surface area contributed by atoms with E-state index in [0.717, 1.165) is 19.3 Å². The van der Waals surface area contributed by atoms with Crippen molar-refractivity contribution in [1.82, 2.24) is 0 Å². The summed E-state index contributed by atoms with van der Waals surface area (Å²) in [5, 5.41) is 15.5. The minimum absolute atomic E-state index is 0.0255. The van der Waals surface area contributed by atoms with Crippen molar-refractivity contribution in [3.8, 4) is 5.75 Å². The fourth-order valence-electron chi connectivity index (χ4n) is 7.15. The molecule has 0 radical (unpaired) electrons. The number of benzene rings is 2. The molecule has 0 spiro atoms. The van der Waals surface area contributed by atoms with Crippen molar-refractivity contribution in [3.05, 3.63) is 69.3 Å². The first-order chi connectivity index (χ1) is 21.1. The molecule has 2 aromatic rings. The molecule has 44 heavy (non-hydrogen) atoms. The SMILES string of the molecule is CCCc1c(C2COc3ccc(C(=O)O)cc3N(CC3CCC3C(OC)C3=CC(C(C)C(C)SN)C3)C2)cc(F)c(Cl)c1F. The molecule has 240 valence electrons. The molecule has 7 unspecified atom stereocenters. The molecule has 0 bridgehead atoms. The number of anilines is 1. The van der Waals surface area contributed by atoms with Gasteiger partial charge < -0.3 is 19.5 Å². The highest BCUT2D eigenvalue weighted by Gasteiger charge is 2.43. The van der Waals surface area contributed by atoms with Gasteiger partial charge in [-0.2, -0.15) is 0 Å². The van der Waals surface area contributed by atoms with Gasteiger partial charge >= 0.3 is 5.97 Å². The van der Waals surface area contributed by atoms with Crippen LogP contribution in [0, 0.1) is 35.3 Å².